The number of fused-ring (bicyclic) bond motifs is 1. The zero-order valence-corrected chi connectivity index (χ0v) is 7.07. The Morgan fingerprint density at radius 3 is 3.00 bits per heavy atom. The highest BCUT2D eigenvalue weighted by Crippen LogP contribution is 2.20. The Morgan fingerprint density at radius 2 is 2.36 bits per heavy atom. The molecule has 0 spiro atoms. The van der Waals surface area contributed by atoms with E-state index in [0.717, 1.165) is 0 Å². The molecule has 1 aromatic heterocycles. The molecular formula is C9H6FN3O. The first-order valence-corrected chi connectivity index (χ1v) is 3.92. The van der Waals surface area contributed by atoms with Crippen LogP contribution in [0.3, 0.4) is 0 Å². The molecule has 2 N–H and O–H groups in total. The van der Waals surface area contributed by atoms with Crippen LogP contribution < -0.4 is 5.73 Å². The summed E-state index contributed by atoms with van der Waals surface area (Å²) in [7, 11) is 0. The van der Waals surface area contributed by atoms with Crippen molar-refractivity contribution in [2.75, 3.05) is 0 Å². The van der Waals surface area contributed by atoms with Crippen LogP contribution in [-0.4, -0.2) is 4.98 Å². The standard InChI is InChI=1S/C9H6FN3O/c10-5-2-1-3-7-8(5)14-9(13-7)6(12)4-11/h1-3,6H,12H2. The topological polar surface area (TPSA) is 75.8 Å². The minimum Gasteiger partial charge on any atom is -0.435 e. The Hall–Kier alpha value is -1.93. The molecular weight excluding hydrogens is 185 g/mol. The third-order valence-corrected chi connectivity index (χ3v) is 1.79. The lowest BCUT2D eigenvalue weighted by atomic mass is 10.3. The Kier molecular flexibility index (Phi) is 1.91. The molecule has 14 heavy (non-hydrogen) atoms. The van der Waals surface area contributed by atoms with E-state index in [9.17, 15) is 4.39 Å². The van der Waals surface area contributed by atoms with Crippen LogP contribution in [0, 0.1) is 17.1 Å². The quantitative estimate of drug-likeness (QED) is 0.740. The average Bonchev–Trinajstić information content (AvgIpc) is 2.62. The fourth-order valence-electron chi connectivity index (χ4n) is 1.12. The van der Waals surface area contributed by atoms with Crippen LogP contribution in [0.5, 0.6) is 0 Å². The predicted molar refractivity (Wildman–Crippen MR) is 46.5 cm³/mol. The number of para-hydroxylation sites is 1. The molecule has 0 bridgehead atoms. The van der Waals surface area contributed by atoms with Gasteiger partial charge in [-0.2, -0.15) is 5.26 Å². The molecule has 5 heteroatoms. The van der Waals surface area contributed by atoms with Crippen LogP contribution >= 0.6 is 0 Å². The molecule has 2 aromatic rings. The zero-order chi connectivity index (χ0) is 10.1. The highest BCUT2D eigenvalue weighted by Gasteiger charge is 2.14. The minimum absolute atomic E-state index is 0.0348. The maximum atomic E-state index is 13.1. The van der Waals surface area contributed by atoms with E-state index in [1.165, 1.54) is 12.1 Å². The molecule has 4 nitrogen and oxygen atoms in total. The summed E-state index contributed by atoms with van der Waals surface area (Å²) in [6.07, 6.45) is 0. The summed E-state index contributed by atoms with van der Waals surface area (Å²) in [5.74, 6) is -0.473. The molecule has 1 aromatic carbocycles. The molecule has 0 radical (unpaired) electrons. The lowest BCUT2D eigenvalue weighted by Crippen LogP contribution is -2.06. The number of oxazole rings is 1. The highest BCUT2D eigenvalue weighted by molar-refractivity contribution is 5.73. The number of aromatic nitrogens is 1. The molecule has 70 valence electrons. The summed E-state index contributed by atoms with van der Waals surface area (Å²) in [5.41, 5.74) is 5.77. The number of nitriles is 1. The molecule has 1 atom stereocenters. The maximum Gasteiger partial charge on any atom is 0.227 e. The van der Waals surface area contributed by atoms with Gasteiger partial charge in [0.25, 0.3) is 0 Å². The first-order chi connectivity index (χ1) is 6.72. The Bertz CT molecular complexity index is 514. The number of hydrogen-bond acceptors (Lipinski definition) is 4. The number of nitrogens with zero attached hydrogens (tertiary/aromatic N) is 2. The molecule has 0 aliphatic rings. The van der Waals surface area contributed by atoms with Gasteiger partial charge in [-0.25, -0.2) is 9.37 Å². The molecule has 0 aliphatic heterocycles. The zero-order valence-electron chi connectivity index (χ0n) is 7.07. The second-order valence-electron chi connectivity index (χ2n) is 2.75. The van der Waals surface area contributed by atoms with E-state index in [4.69, 9.17) is 15.4 Å². The summed E-state index contributed by atoms with van der Waals surface area (Å²) in [5, 5.41) is 8.51. The van der Waals surface area contributed by atoms with E-state index < -0.39 is 11.9 Å². The molecule has 2 rings (SSSR count). The number of benzene rings is 1. The van der Waals surface area contributed by atoms with Gasteiger partial charge in [0.1, 0.15) is 5.52 Å². The van der Waals surface area contributed by atoms with Gasteiger partial charge in [0.05, 0.1) is 6.07 Å². The van der Waals surface area contributed by atoms with Crippen molar-refractivity contribution < 1.29 is 8.81 Å². The van der Waals surface area contributed by atoms with Crippen LogP contribution in [0.4, 0.5) is 4.39 Å². The lowest BCUT2D eigenvalue weighted by molar-refractivity contribution is 0.493. The van der Waals surface area contributed by atoms with Crippen molar-refractivity contribution in [3.8, 4) is 6.07 Å². The van der Waals surface area contributed by atoms with Crippen molar-refractivity contribution >= 4 is 11.1 Å². The highest BCUT2D eigenvalue weighted by atomic mass is 19.1. The number of nitrogens with two attached hydrogens (primary N) is 1. The Balaban J connectivity index is 2.64. The van der Waals surface area contributed by atoms with Gasteiger partial charge < -0.3 is 10.2 Å². The fraction of sp³-hybridized carbons (Fsp3) is 0.111. The molecule has 0 amide bonds. The van der Waals surface area contributed by atoms with Crippen molar-refractivity contribution in [3.05, 3.63) is 29.9 Å². The van der Waals surface area contributed by atoms with E-state index in [2.05, 4.69) is 4.98 Å². The largest absolute Gasteiger partial charge is 0.435 e. The molecule has 0 saturated carbocycles. The Labute approximate surface area is 78.8 Å². The predicted octanol–water partition coefficient (Wildman–Crippen LogP) is 1.49. The van der Waals surface area contributed by atoms with Gasteiger partial charge in [-0.15, -0.1) is 0 Å². The normalized spacial score (nSPS) is 12.6. The summed E-state index contributed by atoms with van der Waals surface area (Å²) < 4.78 is 18.1. The number of rotatable bonds is 1. The fourth-order valence-corrected chi connectivity index (χ4v) is 1.12. The van der Waals surface area contributed by atoms with Crippen LogP contribution in [-0.2, 0) is 0 Å². The third kappa shape index (κ3) is 1.22. The summed E-state index contributed by atoms with van der Waals surface area (Å²) in [6, 6.07) is 5.17. The van der Waals surface area contributed by atoms with E-state index in [1.54, 1.807) is 12.1 Å². The van der Waals surface area contributed by atoms with E-state index in [-0.39, 0.29) is 11.5 Å². The van der Waals surface area contributed by atoms with Crippen LogP contribution in [0.1, 0.15) is 11.9 Å². The molecule has 0 fully saturated rings. The van der Waals surface area contributed by atoms with Gasteiger partial charge in [0.2, 0.25) is 5.89 Å². The van der Waals surface area contributed by atoms with Gasteiger partial charge in [-0.1, -0.05) is 6.07 Å². The van der Waals surface area contributed by atoms with Gasteiger partial charge >= 0.3 is 0 Å². The smallest absolute Gasteiger partial charge is 0.227 e. The van der Waals surface area contributed by atoms with Crippen molar-refractivity contribution in [1.29, 1.82) is 5.26 Å². The molecule has 1 heterocycles. The SMILES string of the molecule is N#CC(N)c1nc2cccc(F)c2o1. The monoisotopic (exact) mass is 191 g/mol. The maximum absolute atomic E-state index is 13.1. The van der Waals surface area contributed by atoms with Gasteiger partial charge in [0, 0.05) is 0 Å². The lowest BCUT2D eigenvalue weighted by Gasteiger charge is -1.91. The average molecular weight is 191 g/mol. The van der Waals surface area contributed by atoms with Gasteiger partial charge in [-0.3, -0.25) is 0 Å². The molecule has 1 unspecified atom stereocenters. The van der Waals surface area contributed by atoms with E-state index in [1.807, 2.05) is 0 Å². The van der Waals surface area contributed by atoms with Gasteiger partial charge in [0.15, 0.2) is 17.4 Å². The van der Waals surface area contributed by atoms with Crippen molar-refractivity contribution in [3.63, 3.8) is 0 Å². The minimum atomic E-state index is -0.957. The van der Waals surface area contributed by atoms with E-state index in [0.29, 0.717) is 5.52 Å². The van der Waals surface area contributed by atoms with Crippen LogP contribution in [0.25, 0.3) is 11.1 Å². The van der Waals surface area contributed by atoms with Crippen molar-refractivity contribution in [2.24, 2.45) is 5.73 Å². The molecule has 0 aliphatic carbocycles. The van der Waals surface area contributed by atoms with Crippen molar-refractivity contribution in [2.45, 2.75) is 6.04 Å². The Morgan fingerprint density at radius 1 is 1.57 bits per heavy atom. The first-order valence-electron chi connectivity index (χ1n) is 3.92. The third-order valence-electron chi connectivity index (χ3n) is 1.79. The number of hydrogen-bond donors (Lipinski definition) is 1. The second kappa shape index (κ2) is 3.09. The van der Waals surface area contributed by atoms with Crippen LogP contribution in [0.2, 0.25) is 0 Å². The van der Waals surface area contributed by atoms with Gasteiger partial charge in [-0.05, 0) is 12.1 Å². The van der Waals surface area contributed by atoms with Crippen molar-refractivity contribution in [1.82, 2.24) is 4.98 Å². The summed E-state index contributed by atoms with van der Waals surface area (Å²) >= 11 is 0. The molecule has 0 saturated heterocycles. The first kappa shape index (κ1) is 8.66. The summed E-state index contributed by atoms with van der Waals surface area (Å²) in [6.45, 7) is 0. The second-order valence-corrected chi connectivity index (χ2v) is 2.75. The number of halogens is 1. The summed E-state index contributed by atoms with van der Waals surface area (Å²) in [4.78, 5) is 3.89. The van der Waals surface area contributed by atoms with E-state index >= 15 is 0 Å². The van der Waals surface area contributed by atoms with Crippen LogP contribution in [0.15, 0.2) is 22.6 Å².